The topological polar surface area (TPSA) is 29.9 Å². The average molecular weight is 292 g/mol. The van der Waals surface area contributed by atoms with Crippen LogP contribution in [0.15, 0.2) is 30.6 Å². The second-order valence-corrected chi connectivity index (χ2v) is 5.53. The van der Waals surface area contributed by atoms with Crippen LogP contribution in [0, 0.1) is 6.92 Å². The molecular weight excluding hydrogens is 270 g/mol. The predicted octanol–water partition coefficient (Wildman–Crippen LogP) is 3.95. The molecule has 20 heavy (non-hydrogen) atoms. The molecule has 1 N–H and O–H groups in total. The van der Waals surface area contributed by atoms with Crippen LogP contribution in [0.25, 0.3) is 0 Å². The van der Waals surface area contributed by atoms with Crippen molar-refractivity contribution in [3.05, 3.63) is 52.3 Å². The number of halogens is 1. The minimum atomic E-state index is 0.142. The zero-order valence-electron chi connectivity index (χ0n) is 12.4. The Hall–Kier alpha value is -1.32. The third-order valence-corrected chi connectivity index (χ3v) is 3.46. The molecule has 108 valence electrons. The molecule has 1 heterocycles. The normalized spacial score (nSPS) is 12.6. The molecule has 2 rings (SSSR count). The lowest BCUT2D eigenvalue weighted by atomic mass is 10.00. The molecule has 0 fully saturated rings. The van der Waals surface area contributed by atoms with Gasteiger partial charge in [-0.05, 0) is 43.1 Å². The molecule has 0 amide bonds. The van der Waals surface area contributed by atoms with Gasteiger partial charge in [0.2, 0.25) is 0 Å². The molecule has 3 nitrogen and oxygen atoms in total. The van der Waals surface area contributed by atoms with Crippen molar-refractivity contribution >= 4 is 11.6 Å². The number of aryl methyl sites for hydroxylation is 2. The smallest absolute Gasteiger partial charge is 0.0608 e. The fraction of sp³-hybridized carbons (Fsp3) is 0.438. The van der Waals surface area contributed by atoms with Gasteiger partial charge >= 0.3 is 0 Å². The van der Waals surface area contributed by atoms with E-state index in [-0.39, 0.29) is 6.04 Å². The monoisotopic (exact) mass is 291 g/mol. The van der Waals surface area contributed by atoms with Gasteiger partial charge in [-0.15, -0.1) is 0 Å². The Morgan fingerprint density at radius 3 is 2.70 bits per heavy atom. The average Bonchev–Trinajstić information content (AvgIpc) is 2.83. The van der Waals surface area contributed by atoms with Crippen LogP contribution in [0.3, 0.4) is 0 Å². The maximum absolute atomic E-state index is 6.19. The molecule has 0 aliphatic rings. The van der Waals surface area contributed by atoms with Crippen molar-refractivity contribution in [1.29, 1.82) is 0 Å². The van der Waals surface area contributed by atoms with Gasteiger partial charge in [0, 0.05) is 23.3 Å². The third kappa shape index (κ3) is 3.62. The summed E-state index contributed by atoms with van der Waals surface area (Å²) in [7, 11) is 0. The molecular formula is C16H22ClN3. The van der Waals surface area contributed by atoms with Crippen molar-refractivity contribution in [2.24, 2.45) is 0 Å². The highest BCUT2D eigenvalue weighted by molar-refractivity contribution is 6.30. The van der Waals surface area contributed by atoms with E-state index in [2.05, 4.69) is 43.4 Å². The number of nitrogens with one attached hydrogen (secondary N) is 1. The Kier molecular flexibility index (Phi) is 5.21. The first-order valence-corrected chi connectivity index (χ1v) is 7.54. The van der Waals surface area contributed by atoms with Crippen molar-refractivity contribution in [1.82, 2.24) is 15.1 Å². The second kappa shape index (κ2) is 6.91. The first-order valence-electron chi connectivity index (χ1n) is 7.16. The first-order chi connectivity index (χ1) is 9.63. The maximum atomic E-state index is 6.19. The van der Waals surface area contributed by atoms with Crippen LogP contribution in [0.2, 0.25) is 5.02 Å². The first kappa shape index (κ1) is 15.1. The van der Waals surface area contributed by atoms with Gasteiger partial charge < -0.3 is 5.32 Å². The summed E-state index contributed by atoms with van der Waals surface area (Å²) >= 11 is 6.19. The molecule has 1 atom stereocenters. The van der Waals surface area contributed by atoms with E-state index < -0.39 is 0 Å². The number of nitrogens with zero attached hydrogens (tertiary/aromatic N) is 2. The van der Waals surface area contributed by atoms with Gasteiger partial charge in [0.1, 0.15) is 0 Å². The van der Waals surface area contributed by atoms with Crippen LogP contribution in [-0.2, 0) is 6.54 Å². The van der Waals surface area contributed by atoms with Crippen LogP contribution < -0.4 is 5.32 Å². The fourth-order valence-electron chi connectivity index (χ4n) is 2.44. The third-order valence-electron chi connectivity index (χ3n) is 3.25. The van der Waals surface area contributed by atoms with E-state index in [0.29, 0.717) is 0 Å². The summed E-state index contributed by atoms with van der Waals surface area (Å²) in [5.41, 5.74) is 3.55. The van der Waals surface area contributed by atoms with Gasteiger partial charge in [-0.1, -0.05) is 31.5 Å². The Morgan fingerprint density at radius 2 is 2.05 bits per heavy atom. The van der Waals surface area contributed by atoms with Crippen LogP contribution in [-0.4, -0.2) is 16.3 Å². The second-order valence-electron chi connectivity index (χ2n) is 5.09. The molecule has 1 unspecified atom stereocenters. The summed E-state index contributed by atoms with van der Waals surface area (Å²) in [5, 5.41) is 8.72. The predicted molar refractivity (Wildman–Crippen MR) is 84.2 cm³/mol. The lowest BCUT2D eigenvalue weighted by Crippen LogP contribution is -2.21. The highest BCUT2D eigenvalue weighted by Crippen LogP contribution is 2.25. The summed E-state index contributed by atoms with van der Waals surface area (Å²) in [6.45, 7) is 8.19. The van der Waals surface area contributed by atoms with Crippen LogP contribution in [0.5, 0.6) is 0 Å². The molecule has 0 bridgehead atoms. The minimum Gasteiger partial charge on any atom is -0.306 e. The maximum Gasteiger partial charge on any atom is 0.0608 e. The Morgan fingerprint density at radius 1 is 1.25 bits per heavy atom. The molecule has 1 aromatic heterocycles. The molecule has 2 aromatic rings. The van der Waals surface area contributed by atoms with E-state index in [4.69, 9.17) is 11.6 Å². The standard InChI is InChI=1S/C16H22ClN3/c1-4-6-20-11-14(10-19-20)16(18-5-2)13-7-12(3)8-15(17)9-13/h7-11,16,18H,4-6H2,1-3H3. The van der Waals surface area contributed by atoms with Crippen LogP contribution in [0.4, 0.5) is 0 Å². The van der Waals surface area contributed by atoms with E-state index in [9.17, 15) is 0 Å². The summed E-state index contributed by atoms with van der Waals surface area (Å²) in [4.78, 5) is 0. The Bertz CT molecular complexity index is 542. The minimum absolute atomic E-state index is 0.142. The lowest BCUT2D eigenvalue weighted by Gasteiger charge is -2.18. The molecule has 1 aromatic carbocycles. The number of hydrogen-bond acceptors (Lipinski definition) is 2. The summed E-state index contributed by atoms with van der Waals surface area (Å²) in [6, 6.07) is 6.33. The van der Waals surface area contributed by atoms with Crippen LogP contribution >= 0.6 is 11.6 Å². The zero-order valence-corrected chi connectivity index (χ0v) is 13.1. The van der Waals surface area contributed by atoms with Crippen molar-refractivity contribution < 1.29 is 0 Å². The number of benzene rings is 1. The van der Waals surface area contributed by atoms with Gasteiger partial charge in [-0.2, -0.15) is 5.10 Å². The highest BCUT2D eigenvalue weighted by Gasteiger charge is 2.15. The highest BCUT2D eigenvalue weighted by atomic mass is 35.5. The summed E-state index contributed by atoms with van der Waals surface area (Å²) < 4.78 is 2.00. The fourth-order valence-corrected chi connectivity index (χ4v) is 2.74. The molecule has 0 radical (unpaired) electrons. The van der Waals surface area contributed by atoms with Gasteiger partial charge in [0.05, 0.1) is 12.2 Å². The molecule has 4 heteroatoms. The van der Waals surface area contributed by atoms with Gasteiger partial charge in [-0.3, -0.25) is 4.68 Å². The van der Waals surface area contributed by atoms with E-state index in [0.717, 1.165) is 24.5 Å². The number of hydrogen-bond donors (Lipinski definition) is 1. The van der Waals surface area contributed by atoms with Crippen molar-refractivity contribution in [3.8, 4) is 0 Å². The summed E-state index contributed by atoms with van der Waals surface area (Å²) in [5.74, 6) is 0. The van der Waals surface area contributed by atoms with Crippen molar-refractivity contribution in [2.45, 2.75) is 39.8 Å². The van der Waals surface area contributed by atoms with Crippen molar-refractivity contribution in [3.63, 3.8) is 0 Å². The Balaban J connectivity index is 2.33. The molecule has 0 saturated carbocycles. The zero-order chi connectivity index (χ0) is 14.5. The van der Waals surface area contributed by atoms with Gasteiger partial charge in [0.15, 0.2) is 0 Å². The summed E-state index contributed by atoms with van der Waals surface area (Å²) in [6.07, 6.45) is 5.15. The van der Waals surface area contributed by atoms with Crippen molar-refractivity contribution in [2.75, 3.05) is 6.54 Å². The molecule has 0 aliphatic carbocycles. The SMILES string of the molecule is CCCn1cc(C(NCC)c2cc(C)cc(Cl)c2)cn1. The van der Waals surface area contributed by atoms with Gasteiger partial charge in [0.25, 0.3) is 0 Å². The largest absolute Gasteiger partial charge is 0.306 e. The van der Waals surface area contributed by atoms with E-state index in [1.165, 1.54) is 16.7 Å². The van der Waals surface area contributed by atoms with Crippen LogP contribution in [0.1, 0.15) is 43.0 Å². The lowest BCUT2D eigenvalue weighted by molar-refractivity contribution is 0.597. The van der Waals surface area contributed by atoms with E-state index in [1.54, 1.807) is 0 Å². The van der Waals surface area contributed by atoms with Gasteiger partial charge in [-0.25, -0.2) is 0 Å². The van der Waals surface area contributed by atoms with E-state index >= 15 is 0 Å². The van der Waals surface area contributed by atoms with E-state index in [1.807, 2.05) is 23.0 Å². The number of aromatic nitrogens is 2. The Labute approximate surface area is 126 Å². The molecule has 0 aliphatic heterocycles. The molecule has 0 spiro atoms. The number of rotatable bonds is 6. The quantitative estimate of drug-likeness (QED) is 0.873. The molecule has 0 saturated heterocycles.